The second-order valence-corrected chi connectivity index (χ2v) is 9.14. The van der Waals surface area contributed by atoms with Crippen molar-refractivity contribution in [3.05, 3.63) is 69.8 Å². The maximum absolute atomic E-state index is 12.8. The van der Waals surface area contributed by atoms with E-state index in [1.165, 1.54) is 12.1 Å². The summed E-state index contributed by atoms with van der Waals surface area (Å²) in [5.41, 5.74) is 7.56. The summed E-state index contributed by atoms with van der Waals surface area (Å²) >= 11 is 0. The van der Waals surface area contributed by atoms with Gasteiger partial charge in [0, 0.05) is 17.8 Å². The molecule has 2 aromatic rings. The van der Waals surface area contributed by atoms with E-state index in [0.717, 1.165) is 5.56 Å². The third-order valence-corrected chi connectivity index (χ3v) is 5.14. The highest BCUT2D eigenvalue weighted by Crippen LogP contribution is 2.25. The van der Waals surface area contributed by atoms with Gasteiger partial charge in [-0.1, -0.05) is 24.3 Å². The van der Waals surface area contributed by atoms with E-state index in [2.05, 4.69) is 0 Å². The number of non-ortho nitro benzene ring substituents is 1. The average Bonchev–Trinajstić information content (AvgIpc) is 3.15. The van der Waals surface area contributed by atoms with Gasteiger partial charge in [0.1, 0.15) is 5.60 Å². The molecule has 9 heteroatoms. The summed E-state index contributed by atoms with van der Waals surface area (Å²) in [5.74, 6) is 0. The van der Waals surface area contributed by atoms with Gasteiger partial charge in [0.25, 0.3) is 5.69 Å². The molecule has 1 aliphatic heterocycles. The largest absolute Gasteiger partial charge is 0.444 e. The van der Waals surface area contributed by atoms with Crippen molar-refractivity contribution in [3.63, 3.8) is 0 Å². The predicted octanol–water partition coefficient (Wildman–Crippen LogP) is 4.29. The molecule has 2 N–H and O–H groups in total. The third-order valence-electron chi connectivity index (χ3n) is 5.14. The molecule has 1 fully saturated rings. The predicted molar refractivity (Wildman–Crippen MR) is 124 cm³/mol. The van der Waals surface area contributed by atoms with Gasteiger partial charge in [-0.05, 0) is 50.5 Å². The molecule has 33 heavy (non-hydrogen) atoms. The Balaban J connectivity index is 1.61. The highest BCUT2D eigenvalue weighted by atomic mass is 16.6. The van der Waals surface area contributed by atoms with Crippen LogP contribution in [0, 0.1) is 10.1 Å². The minimum absolute atomic E-state index is 0.0161. The number of likely N-dealkylation sites (tertiary alicyclic amines) is 1. The molecule has 1 heterocycles. The summed E-state index contributed by atoms with van der Waals surface area (Å²) in [7, 11) is 0. The van der Waals surface area contributed by atoms with Crippen molar-refractivity contribution in [2.45, 2.75) is 58.2 Å². The lowest BCUT2D eigenvalue weighted by molar-refractivity contribution is -0.384. The number of ether oxygens (including phenoxy) is 3. The minimum atomic E-state index is -0.619. The first-order chi connectivity index (χ1) is 15.6. The number of hydrogen-bond acceptors (Lipinski definition) is 7. The number of nitrogens with zero attached hydrogens (tertiary/aromatic N) is 2. The van der Waals surface area contributed by atoms with E-state index in [0.29, 0.717) is 30.8 Å². The molecule has 0 aliphatic carbocycles. The molecule has 0 aromatic heterocycles. The van der Waals surface area contributed by atoms with E-state index in [9.17, 15) is 14.9 Å². The van der Waals surface area contributed by atoms with Gasteiger partial charge in [-0.2, -0.15) is 0 Å². The van der Waals surface area contributed by atoms with Gasteiger partial charge in [-0.15, -0.1) is 0 Å². The van der Waals surface area contributed by atoms with Crippen molar-refractivity contribution < 1.29 is 23.9 Å². The van der Waals surface area contributed by atoms with Crippen molar-refractivity contribution in [3.8, 4) is 0 Å². The highest BCUT2D eigenvalue weighted by Gasteiger charge is 2.38. The first kappa shape index (κ1) is 24.5. The standard InChI is InChI=1S/C24H31N3O6/c1-24(2,3)33-23(28)26-13-22(32-15-17-6-4-8-19(25)10-17)12-21(26)16-31-14-18-7-5-9-20(11-18)27(29)30/h4-11,21-22H,12-16,25H2,1-3H3/t21-,22-/m1/s1. The molecule has 1 aliphatic rings. The second-order valence-electron chi connectivity index (χ2n) is 9.14. The molecule has 0 spiro atoms. The quantitative estimate of drug-likeness (QED) is 0.357. The van der Waals surface area contributed by atoms with Gasteiger partial charge in [-0.25, -0.2) is 4.79 Å². The van der Waals surface area contributed by atoms with E-state index >= 15 is 0 Å². The molecule has 2 atom stereocenters. The van der Waals surface area contributed by atoms with Gasteiger partial charge < -0.3 is 24.8 Å². The van der Waals surface area contributed by atoms with Crippen LogP contribution in [-0.2, 0) is 27.4 Å². The number of nitro groups is 1. The fraction of sp³-hybridized carbons (Fsp3) is 0.458. The summed E-state index contributed by atoms with van der Waals surface area (Å²) in [6.07, 6.45) is 0.00288. The maximum atomic E-state index is 12.8. The van der Waals surface area contributed by atoms with Gasteiger partial charge in [0.05, 0.1) is 43.4 Å². The first-order valence-electron chi connectivity index (χ1n) is 10.9. The van der Waals surface area contributed by atoms with Crippen LogP contribution in [-0.4, -0.2) is 46.8 Å². The smallest absolute Gasteiger partial charge is 0.410 e. The van der Waals surface area contributed by atoms with Crippen LogP contribution in [0.1, 0.15) is 38.3 Å². The maximum Gasteiger partial charge on any atom is 0.410 e. The lowest BCUT2D eigenvalue weighted by Crippen LogP contribution is -2.42. The molecular formula is C24H31N3O6. The summed E-state index contributed by atoms with van der Waals surface area (Å²) in [6, 6.07) is 13.6. The number of carbonyl (C=O) groups excluding carboxylic acids is 1. The van der Waals surface area contributed by atoms with E-state index in [1.807, 2.05) is 45.0 Å². The van der Waals surface area contributed by atoms with Crippen LogP contribution < -0.4 is 5.73 Å². The molecule has 0 bridgehead atoms. The molecule has 9 nitrogen and oxygen atoms in total. The average molecular weight is 458 g/mol. The molecular weight excluding hydrogens is 426 g/mol. The molecule has 3 rings (SSSR count). The number of benzene rings is 2. The lowest BCUT2D eigenvalue weighted by atomic mass is 10.2. The van der Waals surface area contributed by atoms with Gasteiger partial charge in [0.2, 0.25) is 0 Å². The Morgan fingerprint density at radius 1 is 1.15 bits per heavy atom. The van der Waals surface area contributed by atoms with Crippen LogP contribution in [0.2, 0.25) is 0 Å². The van der Waals surface area contributed by atoms with Gasteiger partial charge in [0.15, 0.2) is 0 Å². The number of rotatable bonds is 8. The molecule has 1 amide bonds. The van der Waals surface area contributed by atoms with Gasteiger partial charge in [-0.3, -0.25) is 10.1 Å². The number of nitrogens with two attached hydrogens (primary N) is 1. The lowest BCUT2D eigenvalue weighted by Gasteiger charge is -2.28. The first-order valence-corrected chi connectivity index (χ1v) is 10.9. The van der Waals surface area contributed by atoms with Crippen molar-refractivity contribution in [1.82, 2.24) is 4.90 Å². The monoisotopic (exact) mass is 457 g/mol. The molecule has 0 radical (unpaired) electrons. The Hall–Kier alpha value is -3.17. The normalized spacial score (nSPS) is 18.3. The Labute approximate surface area is 193 Å². The summed E-state index contributed by atoms with van der Waals surface area (Å²) in [5, 5.41) is 11.0. The molecule has 1 saturated heterocycles. The fourth-order valence-corrected chi connectivity index (χ4v) is 3.67. The molecule has 0 unspecified atom stereocenters. The number of anilines is 1. The number of nitro benzene ring substituents is 1. The van der Waals surface area contributed by atoms with E-state index < -0.39 is 16.6 Å². The van der Waals surface area contributed by atoms with E-state index in [-0.39, 0.29) is 31.0 Å². The summed E-state index contributed by atoms with van der Waals surface area (Å²) in [4.78, 5) is 25.0. The minimum Gasteiger partial charge on any atom is -0.444 e. The van der Waals surface area contributed by atoms with Crippen LogP contribution in [0.25, 0.3) is 0 Å². The zero-order valence-electron chi connectivity index (χ0n) is 19.2. The van der Waals surface area contributed by atoms with Crippen LogP contribution >= 0.6 is 0 Å². The SMILES string of the molecule is CC(C)(C)OC(=O)N1C[C@H](OCc2cccc(N)c2)C[C@@H]1COCc1cccc([N+](=O)[O-])c1. The Bertz CT molecular complexity index is 975. The van der Waals surface area contributed by atoms with Crippen molar-refractivity contribution in [2.24, 2.45) is 0 Å². The van der Waals surface area contributed by atoms with Crippen molar-refractivity contribution in [1.29, 1.82) is 0 Å². The van der Waals surface area contributed by atoms with Crippen LogP contribution in [0.4, 0.5) is 16.2 Å². The number of carbonyl (C=O) groups is 1. The number of nitrogen functional groups attached to an aromatic ring is 1. The zero-order valence-corrected chi connectivity index (χ0v) is 19.2. The van der Waals surface area contributed by atoms with E-state index in [1.54, 1.807) is 17.0 Å². The topological polar surface area (TPSA) is 117 Å². The zero-order chi connectivity index (χ0) is 24.0. The van der Waals surface area contributed by atoms with Crippen LogP contribution in [0.15, 0.2) is 48.5 Å². The van der Waals surface area contributed by atoms with E-state index in [4.69, 9.17) is 19.9 Å². The van der Waals surface area contributed by atoms with Crippen molar-refractivity contribution in [2.75, 3.05) is 18.9 Å². The number of amides is 1. The molecule has 0 saturated carbocycles. The van der Waals surface area contributed by atoms with Crippen LogP contribution in [0.3, 0.4) is 0 Å². The second kappa shape index (κ2) is 10.6. The highest BCUT2D eigenvalue weighted by molar-refractivity contribution is 5.69. The van der Waals surface area contributed by atoms with Gasteiger partial charge >= 0.3 is 6.09 Å². The molecule has 178 valence electrons. The Morgan fingerprint density at radius 2 is 1.85 bits per heavy atom. The van der Waals surface area contributed by atoms with Crippen molar-refractivity contribution >= 4 is 17.5 Å². The van der Waals surface area contributed by atoms with Crippen LogP contribution in [0.5, 0.6) is 0 Å². The molecule has 2 aromatic carbocycles. The third kappa shape index (κ3) is 7.44. The summed E-state index contributed by atoms with van der Waals surface area (Å²) < 4.78 is 17.5. The Kier molecular flexibility index (Phi) is 7.88. The fourth-order valence-electron chi connectivity index (χ4n) is 3.67. The Morgan fingerprint density at radius 3 is 2.52 bits per heavy atom. The number of hydrogen-bond donors (Lipinski definition) is 1. The summed E-state index contributed by atoms with van der Waals surface area (Å²) in [6.45, 7) is 6.71.